The number of ether oxygens (including phenoxy) is 2. The van der Waals surface area contributed by atoms with Crippen molar-refractivity contribution in [2.24, 2.45) is 0 Å². The number of rotatable bonds is 10. The third-order valence-corrected chi connectivity index (χ3v) is 5.75. The fourth-order valence-electron chi connectivity index (χ4n) is 2.88. The minimum absolute atomic E-state index is 0.0124. The molecule has 0 spiro atoms. The standard InChI is InChI=1S/C23H25N3O5S/c1-3-30-20-10-8-19(9-11-20)26-32(28,29)21-7-5-6-18(15-21)23(27)25-16-17-12-13-24-22(14-17)31-4-2/h5-15,26H,3-4,16H2,1-2H3,(H,25,27). The summed E-state index contributed by atoms with van der Waals surface area (Å²) in [5.74, 6) is 0.738. The monoisotopic (exact) mass is 455 g/mol. The van der Waals surface area contributed by atoms with Gasteiger partial charge in [-0.1, -0.05) is 6.07 Å². The molecule has 0 aliphatic rings. The summed E-state index contributed by atoms with van der Waals surface area (Å²) >= 11 is 0. The quantitative estimate of drug-likeness (QED) is 0.484. The van der Waals surface area contributed by atoms with E-state index in [-0.39, 0.29) is 17.0 Å². The molecular weight excluding hydrogens is 430 g/mol. The molecule has 0 aliphatic carbocycles. The minimum atomic E-state index is -3.87. The molecule has 2 N–H and O–H groups in total. The van der Waals surface area contributed by atoms with Crippen LogP contribution in [0.4, 0.5) is 5.69 Å². The van der Waals surface area contributed by atoms with Crippen LogP contribution in [-0.4, -0.2) is 32.5 Å². The van der Waals surface area contributed by atoms with Gasteiger partial charge in [-0.15, -0.1) is 0 Å². The first-order chi connectivity index (χ1) is 15.4. The second-order valence-corrected chi connectivity index (χ2v) is 8.39. The molecule has 2 aromatic carbocycles. The van der Waals surface area contributed by atoms with Gasteiger partial charge < -0.3 is 14.8 Å². The van der Waals surface area contributed by atoms with Crippen molar-refractivity contribution in [1.82, 2.24) is 10.3 Å². The van der Waals surface area contributed by atoms with Crippen LogP contribution in [0.3, 0.4) is 0 Å². The fraction of sp³-hybridized carbons (Fsp3) is 0.217. The van der Waals surface area contributed by atoms with E-state index in [9.17, 15) is 13.2 Å². The van der Waals surface area contributed by atoms with E-state index in [0.717, 1.165) is 5.56 Å². The highest BCUT2D eigenvalue weighted by Crippen LogP contribution is 2.20. The van der Waals surface area contributed by atoms with Crippen LogP contribution in [0, 0.1) is 0 Å². The van der Waals surface area contributed by atoms with Crippen molar-refractivity contribution in [3.63, 3.8) is 0 Å². The maximum Gasteiger partial charge on any atom is 0.261 e. The third kappa shape index (κ3) is 6.21. The zero-order valence-electron chi connectivity index (χ0n) is 17.9. The number of nitrogens with one attached hydrogen (secondary N) is 2. The molecule has 0 atom stereocenters. The Hall–Kier alpha value is -3.59. The van der Waals surface area contributed by atoms with Gasteiger partial charge >= 0.3 is 0 Å². The summed E-state index contributed by atoms with van der Waals surface area (Å²) in [6.45, 7) is 5.00. The molecule has 3 aromatic rings. The van der Waals surface area contributed by atoms with E-state index in [1.54, 1.807) is 48.7 Å². The Bertz CT molecular complexity index is 1160. The summed E-state index contributed by atoms with van der Waals surface area (Å²) in [5, 5.41) is 2.78. The van der Waals surface area contributed by atoms with Gasteiger partial charge in [-0.3, -0.25) is 9.52 Å². The fourth-order valence-corrected chi connectivity index (χ4v) is 3.98. The Labute approximate surface area is 187 Å². The number of hydrogen-bond acceptors (Lipinski definition) is 6. The molecule has 1 aromatic heterocycles. The average Bonchev–Trinajstić information content (AvgIpc) is 2.79. The van der Waals surface area contributed by atoms with Gasteiger partial charge in [0, 0.05) is 30.1 Å². The Morgan fingerprint density at radius 2 is 1.72 bits per heavy atom. The molecule has 8 nitrogen and oxygen atoms in total. The molecule has 0 unspecified atom stereocenters. The van der Waals surface area contributed by atoms with Gasteiger partial charge in [0.05, 0.1) is 18.1 Å². The zero-order chi connectivity index (χ0) is 23.0. The lowest BCUT2D eigenvalue weighted by Gasteiger charge is -2.11. The highest BCUT2D eigenvalue weighted by atomic mass is 32.2. The molecule has 32 heavy (non-hydrogen) atoms. The molecule has 0 saturated carbocycles. The number of benzene rings is 2. The lowest BCUT2D eigenvalue weighted by atomic mass is 10.2. The maximum atomic E-state index is 12.8. The topological polar surface area (TPSA) is 107 Å². The molecule has 0 saturated heterocycles. The number of carbonyl (C=O) groups is 1. The number of pyridine rings is 1. The van der Waals surface area contributed by atoms with E-state index >= 15 is 0 Å². The summed E-state index contributed by atoms with van der Waals surface area (Å²) in [4.78, 5) is 16.7. The molecule has 0 radical (unpaired) electrons. The van der Waals surface area contributed by atoms with E-state index in [2.05, 4.69) is 15.0 Å². The molecule has 0 aliphatic heterocycles. The summed E-state index contributed by atoms with van der Waals surface area (Å²) < 4.78 is 38.8. The van der Waals surface area contributed by atoms with Crippen molar-refractivity contribution in [3.8, 4) is 11.6 Å². The van der Waals surface area contributed by atoms with Crippen LogP contribution >= 0.6 is 0 Å². The zero-order valence-corrected chi connectivity index (χ0v) is 18.7. The predicted molar refractivity (Wildman–Crippen MR) is 121 cm³/mol. The van der Waals surface area contributed by atoms with Gasteiger partial charge in [0.1, 0.15) is 5.75 Å². The Kier molecular flexibility index (Phi) is 7.67. The van der Waals surface area contributed by atoms with E-state index in [4.69, 9.17) is 9.47 Å². The number of amides is 1. The van der Waals surface area contributed by atoms with E-state index in [1.807, 2.05) is 13.8 Å². The summed E-state index contributed by atoms with van der Waals surface area (Å²) in [6, 6.07) is 16.0. The Morgan fingerprint density at radius 1 is 0.969 bits per heavy atom. The van der Waals surface area contributed by atoms with E-state index in [0.29, 0.717) is 30.5 Å². The molecule has 1 heterocycles. The SMILES string of the molecule is CCOc1ccc(NS(=O)(=O)c2cccc(C(=O)NCc3ccnc(OCC)c3)c2)cc1. The number of carbonyl (C=O) groups excluding carboxylic acids is 1. The lowest BCUT2D eigenvalue weighted by Crippen LogP contribution is -2.23. The second kappa shape index (κ2) is 10.6. The van der Waals surface area contributed by atoms with Gasteiger partial charge in [-0.25, -0.2) is 13.4 Å². The number of nitrogens with zero attached hydrogens (tertiary/aromatic N) is 1. The van der Waals surface area contributed by atoms with E-state index < -0.39 is 15.9 Å². The van der Waals surface area contributed by atoms with Gasteiger partial charge in [-0.05, 0) is 67.9 Å². The number of aromatic nitrogens is 1. The smallest absolute Gasteiger partial charge is 0.261 e. The molecule has 9 heteroatoms. The van der Waals surface area contributed by atoms with Crippen LogP contribution in [0.25, 0.3) is 0 Å². The number of sulfonamides is 1. The Balaban J connectivity index is 1.68. The van der Waals surface area contributed by atoms with Crippen molar-refractivity contribution >= 4 is 21.6 Å². The van der Waals surface area contributed by atoms with Crippen LogP contribution in [0.1, 0.15) is 29.8 Å². The van der Waals surface area contributed by atoms with Gasteiger partial charge in [0.15, 0.2) is 0 Å². The minimum Gasteiger partial charge on any atom is -0.494 e. The van der Waals surface area contributed by atoms with Crippen molar-refractivity contribution in [2.45, 2.75) is 25.3 Å². The summed E-state index contributed by atoms with van der Waals surface area (Å²) in [7, 11) is -3.87. The summed E-state index contributed by atoms with van der Waals surface area (Å²) in [6.07, 6.45) is 1.60. The van der Waals surface area contributed by atoms with Crippen molar-refractivity contribution in [2.75, 3.05) is 17.9 Å². The van der Waals surface area contributed by atoms with E-state index in [1.165, 1.54) is 18.2 Å². The van der Waals surface area contributed by atoms with Gasteiger partial charge in [0.2, 0.25) is 5.88 Å². The van der Waals surface area contributed by atoms with Crippen LogP contribution < -0.4 is 19.5 Å². The van der Waals surface area contributed by atoms with Crippen LogP contribution in [0.15, 0.2) is 71.8 Å². The molecule has 3 rings (SSSR count). The maximum absolute atomic E-state index is 12.8. The molecule has 0 bridgehead atoms. The average molecular weight is 456 g/mol. The van der Waals surface area contributed by atoms with Gasteiger partial charge in [-0.2, -0.15) is 0 Å². The highest BCUT2D eigenvalue weighted by Gasteiger charge is 2.17. The first-order valence-electron chi connectivity index (χ1n) is 10.1. The predicted octanol–water partition coefficient (Wildman–Crippen LogP) is 3.61. The molecular formula is C23H25N3O5S. The van der Waals surface area contributed by atoms with Crippen molar-refractivity contribution in [3.05, 3.63) is 78.0 Å². The van der Waals surface area contributed by atoms with Crippen LogP contribution in [-0.2, 0) is 16.6 Å². The second-order valence-electron chi connectivity index (χ2n) is 6.71. The molecule has 168 valence electrons. The van der Waals surface area contributed by atoms with Crippen molar-refractivity contribution < 1.29 is 22.7 Å². The first-order valence-corrected chi connectivity index (χ1v) is 11.6. The molecule has 1 amide bonds. The van der Waals surface area contributed by atoms with Crippen LogP contribution in [0.2, 0.25) is 0 Å². The Morgan fingerprint density at radius 3 is 2.44 bits per heavy atom. The van der Waals surface area contributed by atoms with Crippen LogP contribution in [0.5, 0.6) is 11.6 Å². The lowest BCUT2D eigenvalue weighted by molar-refractivity contribution is 0.0950. The first kappa shape index (κ1) is 23.1. The highest BCUT2D eigenvalue weighted by molar-refractivity contribution is 7.92. The molecule has 0 fully saturated rings. The number of anilines is 1. The summed E-state index contributed by atoms with van der Waals surface area (Å²) in [5.41, 5.74) is 1.45. The normalized spacial score (nSPS) is 10.9. The van der Waals surface area contributed by atoms with Gasteiger partial charge in [0.25, 0.3) is 15.9 Å². The third-order valence-electron chi connectivity index (χ3n) is 4.37. The largest absolute Gasteiger partial charge is 0.494 e. The van der Waals surface area contributed by atoms with Crippen molar-refractivity contribution in [1.29, 1.82) is 0 Å². The number of hydrogen-bond donors (Lipinski definition) is 2.